The van der Waals surface area contributed by atoms with Gasteiger partial charge >= 0.3 is 0 Å². The van der Waals surface area contributed by atoms with Crippen LogP contribution in [-0.4, -0.2) is 28.1 Å². The number of hydrogen-bond acceptors (Lipinski definition) is 2. The molecule has 1 rings (SSSR count). The van der Waals surface area contributed by atoms with Crippen molar-refractivity contribution in [1.29, 1.82) is 0 Å². The normalized spacial score (nSPS) is 29.5. The highest BCUT2D eigenvalue weighted by Crippen LogP contribution is 2.46. The van der Waals surface area contributed by atoms with E-state index in [2.05, 4.69) is 58.2 Å². The van der Waals surface area contributed by atoms with Gasteiger partial charge in [0.1, 0.15) is 0 Å². The van der Waals surface area contributed by atoms with Crippen LogP contribution in [0.3, 0.4) is 0 Å². The molecule has 0 radical (unpaired) electrons. The maximum absolute atomic E-state index is 2.60. The zero-order valence-corrected chi connectivity index (χ0v) is 10.7. The SMILES string of the molecule is CCN1CSC(C)(C)C1C(C)(C)C. The molecule has 0 N–H and O–H groups in total. The van der Waals surface area contributed by atoms with Crippen LogP contribution >= 0.6 is 11.8 Å². The first-order chi connectivity index (χ1) is 5.79. The van der Waals surface area contributed by atoms with E-state index in [1.807, 2.05) is 0 Å². The summed E-state index contributed by atoms with van der Waals surface area (Å²) < 4.78 is 0.411. The van der Waals surface area contributed by atoms with Gasteiger partial charge in [-0.25, -0.2) is 0 Å². The van der Waals surface area contributed by atoms with Gasteiger partial charge in [0.15, 0.2) is 0 Å². The van der Waals surface area contributed by atoms with E-state index >= 15 is 0 Å². The summed E-state index contributed by atoms with van der Waals surface area (Å²) in [5, 5.41) is 0. The second-order valence-corrected chi connectivity index (χ2v) is 7.15. The molecule has 1 fully saturated rings. The van der Waals surface area contributed by atoms with Crippen LogP contribution in [0, 0.1) is 5.41 Å². The molecular formula is C11H23NS. The van der Waals surface area contributed by atoms with Gasteiger partial charge in [0, 0.05) is 16.7 Å². The molecule has 1 heterocycles. The molecule has 1 atom stereocenters. The monoisotopic (exact) mass is 201 g/mol. The average molecular weight is 201 g/mol. The van der Waals surface area contributed by atoms with Gasteiger partial charge in [-0.05, 0) is 25.8 Å². The Labute approximate surface area is 87.3 Å². The van der Waals surface area contributed by atoms with Gasteiger partial charge in [0.25, 0.3) is 0 Å². The van der Waals surface area contributed by atoms with Crippen LogP contribution in [0.15, 0.2) is 0 Å². The quantitative estimate of drug-likeness (QED) is 0.641. The molecule has 0 spiro atoms. The molecule has 0 aromatic heterocycles. The highest BCUT2D eigenvalue weighted by Gasteiger charge is 2.46. The van der Waals surface area contributed by atoms with Crippen LogP contribution in [0.5, 0.6) is 0 Å². The Bertz CT molecular complexity index is 181. The molecule has 1 aliphatic heterocycles. The molecule has 0 saturated carbocycles. The molecule has 0 aromatic rings. The summed E-state index contributed by atoms with van der Waals surface area (Å²) in [6.07, 6.45) is 0. The smallest absolute Gasteiger partial charge is 0.0453 e. The summed E-state index contributed by atoms with van der Waals surface area (Å²) in [4.78, 5) is 2.60. The number of nitrogens with zero attached hydrogens (tertiary/aromatic N) is 1. The molecule has 78 valence electrons. The van der Waals surface area contributed by atoms with E-state index in [4.69, 9.17) is 0 Å². The summed E-state index contributed by atoms with van der Waals surface area (Å²) in [6.45, 7) is 15.3. The van der Waals surface area contributed by atoms with Crippen LogP contribution in [0.25, 0.3) is 0 Å². The van der Waals surface area contributed by atoms with Crippen molar-refractivity contribution < 1.29 is 0 Å². The Kier molecular flexibility index (Phi) is 3.04. The minimum absolute atomic E-state index is 0.392. The van der Waals surface area contributed by atoms with Gasteiger partial charge in [-0.15, -0.1) is 11.8 Å². The molecular weight excluding hydrogens is 178 g/mol. The third-order valence-electron chi connectivity index (χ3n) is 2.85. The van der Waals surface area contributed by atoms with E-state index in [1.54, 1.807) is 0 Å². The first kappa shape index (κ1) is 11.4. The van der Waals surface area contributed by atoms with E-state index in [0.29, 0.717) is 16.2 Å². The molecule has 13 heavy (non-hydrogen) atoms. The average Bonchev–Trinajstić information content (AvgIpc) is 2.23. The standard InChI is InChI=1S/C11H23NS/c1-7-12-8-13-11(5,6)9(12)10(2,3)4/h9H,7-8H2,1-6H3. The zero-order valence-electron chi connectivity index (χ0n) is 9.85. The highest BCUT2D eigenvalue weighted by molar-refractivity contribution is 8.00. The van der Waals surface area contributed by atoms with Crippen molar-refractivity contribution in [2.45, 2.75) is 52.3 Å². The summed E-state index contributed by atoms with van der Waals surface area (Å²) in [5.74, 6) is 1.20. The van der Waals surface area contributed by atoms with Gasteiger partial charge in [0.05, 0.1) is 0 Å². The van der Waals surface area contributed by atoms with Crippen LogP contribution < -0.4 is 0 Å². The predicted molar refractivity (Wildman–Crippen MR) is 62.2 cm³/mol. The first-order valence-corrected chi connectivity index (χ1v) is 6.15. The Morgan fingerprint density at radius 2 is 1.92 bits per heavy atom. The van der Waals surface area contributed by atoms with E-state index in [0.717, 1.165) is 0 Å². The second-order valence-electron chi connectivity index (χ2n) is 5.55. The fraction of sp³-hybridized carbons (Fsp3) is 1.00. The van der Waals surface area contributed by atoms with Crippen LogP contribution in [0.2, 0.25) is 0 Å². The molecule has 1 saturated heterocycles. The number of thioether (sulfide) groups is 1. The highest BCUT2D eigenvalue weighted by atomic mass is 32.2. The lowest BCUT2D eigenvalue weighted by atomic mass is 9.79. The van der Waals surface area contributed by atoms with Crippen molar-refractivity contribution in [3.63, 3.8) is 0 Å². The summed E-state index contributed by atoms with van der Waals surface area (Å²) in [6, 6.07) is 0.704. The lowest BCUT2D eigenvalue weighted by Crippen LogP contribution is -2.48. The topological polar surface area (TPSA) is 3.24 Å². The summed E-state index contributed by atoms with van der Waals surface area (Å²) >= 11 is 2.09. The largest absolute Gasteiger partial charge is 0.290 e. The Hall–Kier alpha value is 0.310. The summed E-state index contributed by atoms with van der Waals surface area (Å²) in [5.41, 5.74) is 0.392. The van der Waals surface area contributed by atoms with Gasteiger partial charge in [-0.1, -0.05) is 27.7 Å². The van der Waals surface area contributed by atoms with E-state index in [-0.39, 0.29) is 0 Å². The van der Waals surface area contributed by atoms with E-state index in [1.165, 1.54) is 12.4 Å². The van der Waals surface area contributed by atoms with E-state index in [9.17, 15) is 0 Å². The van der Waals surface area contributed by atoms with Crippen LogP contribution in [0.1, 0.15) is 41.5 Å². The van der Waals surface area contributed by atoms with Crippen molar-refractivity contribution in [2.75, 3.05) is 12.4 Å². The van der Waals surface area contributed by atoms with Crippen molar-refractivity contribution in [3.8, 4) is 0 Å². The number of rotatable bonds is 1. The van der Waals surface area contributed by atoms with Crippen molar-refractivity contribution in [2.24, 2.45) is 5.41 Å². The fourth-order valence-electron chi connectivity index (χ4n) is 2.71. The fourth-order valence-corrected chi connectivity index (χ4v) is 4.20. The lowest BCUT2D eigenvalue weighted by molar-refractivity contribution is 0.114. The third kappa shape index (κ3) is 2.21. The molecule has 0 aliphatic carbocycles. The molecule has 2 heteroatoms. The maximum Gasteiger partial charge on any atom is 0.0453 e. The second kappa shape index (κ2) is 3.47. The Balaban J connectivity index is 2.87. The summed E-state index contributed by atoms with van der Waals surface area (Å²) in [7, 11) is 0. The van der Waals surface area contributed by atoms with Gasteiger partial charge < -0.3 is 0 Å². The third-order valence-corrected chi connectivity index (χ3v) is 4.28. The van der Waals surface area contributed by atoms with Gasteiger partial charge in [-0.3, -0.25) is 4.90 Å². The molecule has 1 unspecified atom stereocenters. The predicted octanol–water partition coefficient (Wildman–Crippen LogP) is 3.21. The van der Waals surface area contributed by atoms with E-state index < -0.39 is 0 Å². The minimum atomic E-state index is 0.392. The van der Waals surface area contributed by atoms with Gasteiger partial charge in [-0.2, -0.15) is 0 Å². The minimum Gasteiger partial charge on any atom is -0.290 e. The Morgan fingerprint density at radius 3 is 2.23 bits per heavy atom. The van der Waals surface area contributed by atoms with Crippen molar-refractivity contribution in [3.05, 3.63) is 0 Å². The molecule has 0 bridgehead atoms. The maximum atomic E-state index is 2.60. The first-order valence-electron chi connectivity index (χ1n) is 5.17. The van der Waals surface area contributed by atoms with Crippen molar-refractivity contribution in [1.82, 2.24) is 4.90 Å². The molecule has 1 nitrogen and oxygen atoms in total. The van der Waals surface area contributed by atoms with Gasteiger partial charge in [0.2, 0.25) is 0 Å². The number of hydrogen-bond donors (Lipinski definition) is 0. The van der Waals surface area contributed by atoms with Crippen molar-refractivity contribution >= 4 is 11.8 Å². The lowest BCUT2D eigenvalue weighted by Gasteiger charge is -2.41. The molecule has 0 amide bonds. The van der Waals surface area contributed by atoms with Crippen LogP contribution in [-0.2, 0) is 0 Å². The molecule has 0 aromatic carbocycles. The zero-order chi connectivity index (χ0) is 10.3. The van der Waals surface area contributed by atoms with Crippen LogP contribution in [0.4, 0.5) is 0 Å². The Morgan fingerprint density at radius 1 is 1.38 bits per heavy atom. The molecule has 1 aliphatic rings.